The molecule has 2 aromatic carbocycles. The van der Waals surface area contributed by atoms with Crippen LogP contribution in [0.4, 0.5) is 27.4 Å². The van der Waals surface area contributed by atoms with Crippen molar-refractivity contribution in [3.8, 4) is 11.3 Å². The van der Waals surface area contributed by atoms with Gasteiger partial charge in [-0.3, -0.25) is 13.4 Å². The molecule has 0 amide bonds. The smallest absolute Gasteiger partial charge is 0.245 e. The first-order chi connectivity index (χ1) is 19.9. The highest BCUT2D eigenvalue weighted by Gasteiger charge is 2.23. The van der Waals surface area contributed by atoms with Crippen LogP contribution in [0.1, 0.15) is 6.92 Å². The Morgan fingerprint density at radius 3 is 2.52 bits per heavy atom. The minimum Gasteiger partial charge on any atom is -0.392 e. The lowest BCUT2D eigenvalue weighted by Gasteiger charge is -2.36. The third-order valence-corrected chi connectivity index (χ3v) is 9.40. The van der Waals surface area contributed by atoms with Gasteiger partial charge in [0.2, 0.25) is 16.0 Å². The normalized spacial score (nSPS) is 16.0. The van der Waals surface area contributed by atoms with E-state index in [1.165, 1.54) is 23.7 Å². The summed E-state index contributed by atoms with van der Waals surface area (Å²) < 4.78 is 55.6. The molecule has 224 valence electrons. The number of nitrogens with one attached hydrogen (secondary N) is 1. The monoisotopic (exact) mass is 615 g/mol. The van der Waals surface area contributed by atoms with Crippen LogP contribution in [0.3, 0.4) is 0 Å². The molecule has 0 aliphatic carbocycles. The lowest BCUT2D eigenvalue weighted by Crippen LogP contribution is -2.48. The standard InChI is InChI=1S/C28H34FN7O4S2/c1-19(37)18-34-11-13-35(14-12-34)26-16-27(41(3)38)23(15-22(26)29)31-28-30-17-20-9-10-25(36(20)32-28)21-7-5-6-8-24(21)33(2)42(4,39)40/h5-10,15-17,19,37H,11-14,18H2,1-4H3,(H,31,32)/t19-,41?/m0/s1. The van der Waals surface area contributed by atoms with Crippen molar-refractivity contribution in [2.45, 2.75) is 17.9 Å². The number of para-hydroxylation sites is 1. The molecule has 14 heteroatoms. The number of benzene rings is 2. The summed E-state index contributed by atoms with van der Waals surface area (Å²) in [6, 6.07) is 13.7. The number of halogens is 1. The third-order valence-electron chi connectivity index (χ3n) is 7.26. The van der Waals surface area contributed by atoms with Gasteiger partial charge in [0.05, 0.1) is 62.5 Å². The van der Waals surface area contributed by atoms with E-state index in [4.69, 9.17) is 0 Å². The SMILES string of the molecule is C[C@H](O)CN1CCN(c2cc(S(C)=O)c(Nc3ncc4ccc(-c5ccccc5N(C)S(C)(=O)=O)n4n3)cc2F)CC1. The fraction of sp³-hybridized carbons (Fsp3) is 0.357. The maximum Gasteiger partial charge on any atom is 0.245 e. The van der Waals surface area contributed by atoms with Crippen molar-refractivity contribution in [3.05, 3.63) is 60.5 Å². The molecule has 1 aliphatic heterocycles. The van der Waals surface area contributed by atoms with Crippen molar-refractivity contribution in [1.82, 2.24) is 19.5 Å². The maximum absolute atomic E-state index is 15.5. The number of nitrogens with zero attached hydrogens (tertiary/aromatic N) is 6. The van der Waals surface area contributed by atoms with Gasteiger partial charge in [-0.05, 0) is 31.2 Å². The zero-order valence-electron chi connectivity index (χ0n) is 23.9. The quantitative estimate of drug-likeness (QED) is 0.293. The molecule has 0 radical (unpaired) electrons. The number of aromatic nitrogens is 3. The minimum atomic E-state index is -3.51. The molecule has 0 saturated carbocycles. The molecular formula is C28H34FN7O4S2. The summed E-state index contributed by atoms with van der Waals surface area (Å²) in [5.74, 6) is -0.310. The van der Waals surface area contributed by atoms with E-state index in [2.05, 4.69) is 20.3 Å². The Labute approximate surface area is 247 Å². The summed E-state index contributed by atoms with van der Waals surface area (Å²) in [6.45, 7) is 4.85. The second-order valence-electron chi connectivity index (χ2n) is 10.4. The van der Waals surface area contributed by atoms with Crippen LogP contribution < -0.4 is 14.5 Å². The van der Waals surface area contributed by atoms with Gasteiger partial charge in [0.15, 0.2) is 0 Å². The fourth-order valence-electron chi connectivity index (χ4n) is 5.09. The summed E-state index contributed by atoms with van der Waals surface area (Å²) in [6.07, 6.45) is 3.84. The molecule has 0 bridgehead atoms. The second kappa shape index (κ2) is 12.0. The maximum atomic E-state index is 15.5. The van der Waals surface area contributed by atoms with Gasteiger partial charge in [-0.2, -0.15) is 0 Å². The van der Waals surface area contributed by atoms with Crippen molar-refractivity contribution < 1.29 is 22.1 Å². The molecule has 2 atom stereocenters. The minimum absolute atomic E-state index is 0.152. The average molecular weight is 616 g/mol. The van der Waals surface area contributed by atoms with Gasteiger partial charge in [-0.1, -0.05) is 18.2 Å². The van der Waals surface area contributed by atoms with Gasteiger partial charge in [0.1, 0.15) is 5.82 Å². The first-order valence-corrected chi connectivity index (χ1v) is 16.8. The predicted molar refractivity (Wildman–Crippen MR) is 164 cm³/mol. The van der Waals surface area contributed by atoms with E-state index in [-0.39, 0.29) is 11.6 Å². The zero-order valence-corrected chi connectivity index (χ0v) is 25.5. The third kappa shape index (κ3) is 6.26. The van der Waals surface area contributed by atoms with E-state index in [1.807, 2.05) is 29.2 Å². The Balaban J connectivity index is 1.46. The van der Waals surface area contributed by atoms with E-state index < -0.39 is 32.7 Å². The van der Waals surface area contributed by atoms with Gasteiger partial charge in [-0.15, -0.1) is 5.10 Å². The lowest BCUT2D eigenvalue weighted by atomic mass is 10.1. The molecule has 3 heterocycles. The number of piperazine rings is 1. The Bertz CT molecular complexity index is 1740. The van der Waals surface area contributed by atoms with Crippen LogP contribution in [0.2, 0.25) is 0 Å². The molecule has 1 saturated heterocycles. The molecule has 5 rings (SSSR count). The highest BCUT2D eigenvalue weighted by atomic mass is 32.2. The van der Waals surface area contributed by atoms with Crippen molar-refractivity contribution in [2.75, 3.05) is 66.8 Å². The van der Waals surface area contributed by atoms with Crippen LogP contribution in [-0.4, -0.2) is 95.6 Å². The van der Waals surface area contributed by atoms with Crippen LogP contribution in [0.25, 0.3) is 16.8 Å². The topological polar surface area (TPSA) is 123 Å². The fourth-order valence-corrected chi connectivity index (χ4v) is 6.31. The highest BCUT2D eigenvalue weighted by molar-refractivity contribution is 7.92. The first-order valence-electron chi connectivity index (χ1n) is 13.4. The van der Waals surface area contributed by atoms with Crippen molar-refractivity contribution in [1.29, 1.82) is 0 Å². The summed E-state index contributed by atoms with van der Waals surface area (Å²) in [5.41, 5.74) is 3.10. The van der Waals surface area contributed by atoms with E-state index in [0.717, 1.165) is 6.26 Å². The molecule has 1 unspecified atom stereocenters. The number of aliphatic hydroxyl groups excluding tert-OH is 1. The number of rotatable bonds is 9. The predicted octanol–water partition coefficient (Wildman–Crippen LogP) is 2.92. The molecule has 2 aromatic heterocycles. The molecule has 2 N–H and O–H groups in total. The molecule has 1 fully saturated rings. The van der Waals surface area contributed by atoms with E-state index in [9.17, 15) is 17.7 Å². The lowest BCUT2D eigenvalue weighted by molar-refractivity contribution is 0.122. The van der Waals surface area contributed by atoms with Crippen LogP contribution in [-0.2, 0) is 20.8 Å². The number of hydrogen-bond donors (Lipinski definition) is 2. The van der Waals surface area contributed by atoms with E-state index >= 15 is 4.39 Å². The Morgan fingerprint density at radius 2 is 1.86 bits per heavy atom. The molecule has 0 spiro atoms. The number of anilines is 4. The van der Waals surface area contributed by atoms with Crippen LogP contribution in [0.15, 0.2) is 59.6 Å². The number of hydrogen-bond acceptors (Lipinski definition) is 9. The highest BCUT2D eigenvalue weighted by Crippen LogP contribution is 2.34. The van der Waals surface area contributed by atoms with E-state index in [1.54, 1.807) is 35.8 Å². The summed E-state index contributed by atoms with van der Waals surface area (Å²) in [7, 11) is -3.46. The van der Waals surface area contributed by atoms with Crippen molar-refractivity contribution >= 4 is 49.4 Å². The summed E-state index contributed by atoms with van der Waals surface area (Å²) in [5, 5.41) is 17.3. The van der Waals surface area contributed by atoms with Crippen LogP contribution in [0, 0.1) is 5.82 Å². The number of sulfonamides is 1. The van der Waals surface area contributed by atoms with Gasteiger partial charge in [0.25, 0.3) is 0 Å². The van der Waals surface area contributed by atoms with Crippen LogP contribution >= 0.6 is 0 Å². The molecule has 1 aliphatic rings. The number of fused-ring (bicyclic) bond motifs is 1. The Morgan fingerprint density at radius 1 is 1.14 bits per heavy atom. The summed E-state index contributed by atoms with van der Waals surface area (Å²) in [4.78, 5) is 8.84. The Hall–Kier alpha value is -3.59. The number of β-amino-alcohol motifs (C(OH)–C–C–N with tert-alkyl or cyclic N) is 1. The molecular weight excluding hydrogens is 581 g/mol. The molecule has 4 aromatic rings. The molecule has 42 heavy (non-hydrogen) atoms. The molecule has 11 nitrogen and oxygen atoms in total. The van der Waals surface area contributed by atoms with Crippen molar-refractivity contribution in [3.63, 3.8) is 0 Å². The Kier molecular flexibility index (Phi) is 8.51. The van der Waals surface area contributed by atoms with Gasteiger partial charge in [0, 0.05) is 57.7 Å². The average Bonchev–Trinajstić information content (AvgIpc) is 3.35. The first kappa shape index (κ1) is 29.9. The van der Waals surface area contributed by atoms with E-state index in [0.29, 0.717) is 65.8 Å². The number of aliphatic hydroxyl groups is 1. The summed E-state index contributed by atoms with van der Waals surface area (Å²) >= 11 is 0. The zero-order chi connectivity index (χ0) is 30.2. The second-order valence-corrected chi connectivity index (χ2v) is 13.8. The van der Waals surface area contributed by atoms with Crippen LogP contribution in [0.5, 0.6) is 0 Å². The van der Waals surface area contributed by atoms with Gasteiger partial charge in [-0.25, -0.2) is 22.3 Å². The van der Waals surface area contributed by atoms with Crippen molar-refractivity contribution in [2.24, 2.45) is 0 Å². The largest absolute Gasteiger partial charge is 0.392 e. The van der Waals surface area contributed by atoms with Gasteiger partial charge >= 0.3 is 0 Å². The van der Waals surface area contributed by atoms with Gasteiger partial charge < -0.3 is 15.3 Å².